The molecule has 0 aromatic rings. The molecule has 0 saturated carbocycles. The number of nitrogens with one attached hydrogen (secondary N) is 1. The summed E-state index contributed by atoms with van der Waals surface area (Å²) in [5, 5.41) is 11.4. The maximum Gasteiger partial charge on any atom is 0.317 e. The number of amides is 2. The number of aliphatic carboxylic acids is 1. The van der Waals surface area contributed by atoms with Gasteiger partial charge in [-0.15, -0.1) is 11.8 Å². The Morgan fingerprint density at radius 3 is 2.75 bits per heavy atom. The lowest BCUT2D eigenvalue weighted by atomic mass is 10.2. The van der Waals surface area contributed by atoms with E-state index in [-0.39, 0.29) is 24.5 Å². The summed E-state index contributed by atoms with van der Waals surface area (Å²) in [5.41, 5.74) is 0. The fourth-order valence-corrected chi connectivity index (χ4v) is 3.51. The molecule has 1 fully saturated rings. The van der Waals surface area contributed by atoms with Gasteiger partial charge in [-0.1, -0.05) is 0 Å². The first-order chi connectivity index (χ1) is 9.35. The standard InChI is InChI=1S/C12H18N2O5S/c1-2-3-4-5-13-12(17)14-6-7-20(18,19)9-10(14)8-11(15)16/h10H,4-9H2,1H3,(H,13,17)(H,15,16). The molecule has 112 valence electrons. The zero-order valence-corrected chi connectivity index (χ0v) is 12.1. The second-order valence-electron chi connectivity index (χ2n) is 4.47. The van der Waals surface area contributed by atoms with E-state index in [9.17, 15) is 18.0 Å². The Morgan fingerprint density at radius 2 is 2.15 bits per heavy atom. The van der Waals surface area contributed by atoms with Gasteiger partial charge in [0, 0.05) is 19.5 Å². The van der Waals surface area contributed by atoms with E-state index in [1.165, 1.54) is 4.90 Å². The molecule has 1 saturated heterocycles. The molecule has 1 aliphatic heterocycles. The molecule has 2 amide bonds. The van der Waals surface area contributed by atoms with E-state index in [0.29, 0.717) is 13.0 Å². The summed E-state index contributed by atoms with van der Waals surface area (Å²) in [6, 6.07) is -1.26. The quantitative estimate of drug-likeness (QED) is 0.547. The van der Waals surface area contributed by atoms with Crippen LogP contribution < -0.4 is 5.32 Å². The van der Waals surface area contributed by atoms with Crippen molar-refractivity contribution in [2.45, 2.75) is 25.8 Å². The number of nitrogens with zero attached hydrogens (tertiary/aromatic N) is 1. The molecule has 0 aliphatic carbocycles. The second-order valence-corrected chi connectivity index (χ2v) is 6.70. The molecule has 0 spiro atoms. The van der Waals surface area contributed by atoms with Gasteiger partial charge in [0.05, 0.1) is 24.0 Å². The Labute approximate surface area is 118 Å². The Kier molecular flexibility index (Phi) is 5.82. The normalized spacial score (nSPS) is 20.6. The van der Waals surface area contributed by atoms with Crippen molar-refractivity contribution in [2.75, 3.05) is 24.6 Å². The van der Waals surface area contributed by atoms with Crippen LogP contribution in [0.5, 0.6) is 0 Å². The maximum atomic E-state index is 11.9. The lowest BCUT2D eigenvalue weighted by molar-refractivity contribution is -0.138. The third kappa shape index (κ3) is 5.09. The van der Waals surface area contributed by atoms with Gasteiger partial charge in [0.2, 0.25) is 0 Å². The lowest BCUT2D eigenvalue weighted by Crippen LogP contribution is -2.55. The van der Waals surface area contributed by atoms with Crippen molar-refractivity contribution in [1.29, 1.82) is 0 Å². The minimum atomic E-state index is -3.28. The highest BCUT2D eigenvalue weighted by Gasteiger charge is 2.35. The van der Waals surface area contributed by atoms with Gasteiger partial charge in [0.1, 0.15) is 0 Å². The molecule has 1 atom stereocenters. The molecule has 0 radical (unpaired) electrons. The number of rotatable bonds is 4. The Hall–Kier alpha value is -1.75. The van der Waals surface area contributed by atoms with Crippen molar-refractivity contribution in [1.82, 2.24) is 10.2 Å². The minimum absolute atomic E-state index is 0.0194. The van der Waals surface area contributed by atoms with Crippen molar-refractivity contribution in [2.24, 2.45) is 0 Å². The highest BCUT2D eigenvalue weighted by molar-refractivity contribution is 7.91. The van der Waals surface area contributed by atoms with E-state index >= 15 is 0 Å². The fourth-order valence-electron chi connectivity index (χ4n) is 1.98. The van der Waals surface area contributed by atoms with E-state index in [0.717, 1.165) is 0 Å². The second kappa shape index (κ2) is 7.14. The summed E-state index contributed by atoms with van der Waals surface area (Å²) in [4.78, 5) is 24.0. The molecule has 1 heterocycles. The van der Waals surface area contributed by atoms with Crippen LogP contribution in [0.3, 0.4) is 0 Å². The zero-order valence-electron chi connectivity index (χ0n) is 11.3. The topological polar surface area (TPSA) is 104 Å². The zero-order chi connectivity index (χ0) is 15.2. The number of carbonyl (C=O) groups excluding carboxylic acids is 1. The summed E-state index contributed by atoms with van der Waals surface area (Å²) in [6.45, 7) is 2.06. The highest BCUT2D eigenvalue weighted by Crippen LogP contribution is 2.15. The number of carbonyl (C=O) groups is 2. The fraction of sp³-hybridized carbons (Fsp3) is 0.667. The van der Waals surface area contributed by atoms with Crippen molar-refractivity contribution in [3.05, 3.63) is 0 Å². The van der Waals surface area contributed by atoms with Gasteiger partial charge in [-0.3, -0.25) is 4.79 Å². The van der Waals surface area contributed by atoms with Crippen LogP contribution in [0.2, 0.25) is 0 Å². The molecule has 2 N–H and O–H groups in total. The van der Waals surface area contributed by atoms with Crippen LogP contribution in [0.1, 0.15) is 19.8 Å². The molecular formula is C12H18N2O5S. The molecule has 8 heteroatoms. The van der Waals surface area contributed by atoms with Gasteiger partial charge in [0.15, 0.2) is 9.84 Å². The lowest BCUT2D eigenvalue weighted by Gasteiger charge is -2.34. The van der Waals surface area contributed by atoms with E-state index in [1.54, 1.807) is 6.92 Å². The van der Waals surface area contributed by atoms with Gasteiger partial charge in [0.25, 0.3) is 0 Å². The predicted octanol–water partition coefficient (Wildman–Crippen LogP) is -0.317. The Bertz CT molecular complexity index is 532. The first kappa shape index (κ1) is 16.3. The van der Waals surface area contributed by atoms with Gasteiger partial charge in [-0.25, -0.2) is 13.2 Å². The average Bonchev–Trinajstić information content (AvgIpc) is 2.32. The largest absolute Gasteiger partial charge is 0.481 e. The molecule has 20 heavy (non-hydrogen) atoms. The van der Waals surface area contributed by atoms with Gasteiger partial charge >= 0.3 is 12.0 Å². The number of carboxylic acids is 1. The number of urea groups is 1. The number of sulfone groups is 1. The van der Waals surface area contributed by atoms with Crippen LogP contribution in [0, 0.1) is 11.8 Å². The molecule has 1 unspecified atom stereocenters. The minimum Gasteiger partial charge on any atom is -0.481 e. The van der Waals surface area contributed by atoms with Gasteiger partial charge < -0.3 is 15.3 Å². The van der Waals surface area contributed by atoms with Gasteiger partial charge in [-0.2, -0.15) is 0 Å². The van der Waals surface area contributed by atoms with E-state index in [2.05, 4.69) is 17.2 Å². The SMILES string of the molecule is CC#CCCNC(=O)N1CCS(=O)(=O)CC1CC(=O)O. The molecule has 1 aliphatic rings. The van der Waals surface area contributed by atoms with Crippen molar-refractivity contribution in [3.8, 4) is 11.8 Å². The van der Waals surface area contributed by atoms with Crippen LogP contribution in [-0.2, 0) is 14.6 Å². The van der Waals surface area contributed by atoms with Crippen LogP contribution in [0.4, 0.5) is 4.79 Å². The summed E-state index contributed by atoms with van der Waals surface area (Å²) in [6.07, 6.45) is 0.124. The number of hydrogen-bond acceptors (Lipinski definition) is 4. The monoisotopic (exact) mass is 302 g/mol. The number of carboxylic acid groups (broad SMARTS) is 1. The van der Waals surface area contributed by atoms with Crippen LogP contribution in [0.15, 0.2) is 0 Å². The molecule has 0 bridgehead atoms. The van der Waals surface area contributed by atoms with Crippen molar-refractivity contribution < 1.29 is 23.1 Å². The number of hydrogen-bond donors (Lipinski definition) is 2. The molecular weight excluding hydrogens is 284 g/mol. The van der Waals surface area contributed by atoms with Crippen LogP contribution in [0.25, 0.3) is 0 Å². The molecule has 0 aromatic carbocycles. The first-order valence-electron chi connectivity index (χ1n) is 6.22. The molecule has 0 aromatic heterocycles. The van der Waals surface area contributed by atoms with Crippen LogP contribution >= 0.6 is 0 Å². The Morgan fingerprint density at radius 1 is 1.45 bits per heavy atom. The van der Waals surface area contributed by atoms with Gasteiger partial charge in [-0.05, 0) is 6.92 Å². The third-order valence-corrected chi connectivity index (χ3v) is 4.60. The van der Waals surface area contributed by atoms with Crippen molar-refractivity contribution >= 4 is 21.8 Å². The first-order valence-corrected chi connectivity index (χ1v) is 8.04. The molecule has 7 nitrogen and oxygen atoms in total. The maximum absolute atomic E-state index is 11.9. The third-order valence-electron chi connectivity index (χ3n) is 2.90. The highest BCUT2D eigenvalue weighted by atomic mass is 32.2. The average molecular weight is 302 g/mol. The smallest absolute Gasteiger partial charge is 0.317 e. The summed E-state index contributed by atoms with van der Waals surface area (Å²) in [5.74, 6) is 3.92. The van der Waals surface area contributed by atoms with Crippen LogP contribution in [-0.4, -0.2) is 61.1 Å². The molecule has 1 rings (SSSR count). The van der Waals surface area contributed by atoms with E-state index in [1.807, 2.05) is 0 Å². The van der Waals surface area contributed by atoms with E-state index in [4.69, 9.17) is 5.11 Å². The summed E-state index contributed by atoms with van der Waals surface area (Å²) in [7, 11) is -3.28. The summed E-state index contributed by atoms with van der Waals surface area (Å²) >= 11 is 0. The summed E-state index contributed by atoms with van der Waals surface area (Å²) < 4.78 is 23.1. The predicted molar refractivity (Wildman–Crippen MR) is 72.9 cm³/mol. The van der Waals surface area contributed by atoms with E-state index < -0.39 is 27.9 Å². The Balaban J connectivity index is 2.66. The van der Waals surface area contributed by atoms with Crippen molar-refractivity contribution in [3.63, 3.8) is 0 Å².